The number of fused-ring (bicyclic) bond motifs is 2. The largest absolute Gasteiger partial charge is 0.354 e. The van der Waals surface area contributed by atoms with Crippen LogP contribution in [0.5, 0.6) is 0 Å². The summed E-state index contributed by atoms with van der Waals surface area (Å²) >= 11 is 0. The summed E-state index contributed by atoms with van der Waals surface area (Å²) in [7, 11) is 0. The first-order chi connectivity index (χ1) is 20.7. The summed E-state index contributed by atoms with van der Waals surface area (Å²) in [5, 5.41) is 14.5. The summed E-state index contributed by atoms with van der Waals surface area (Å²) in [6.45, 7) is 1.49. The van der Waals surface area contributed by atoms with Crippen LogP contribution in [0.4, 0.5) is 11.4 Å². The quantitative estimate of drug-likeness (QED) is 0.0964. The number of hydroxylamine groups is 1. The van der Waals surface area contributed by atoms with E-state index in [9.17, 15) is 4.79 Å². The number of carbonyl (C=O) groups is 1. The van der Waals surface area contributed by atoms with Crippen LogP contribution in [-0.4, -0.2) is 38.8 Å². The van der Waals surface area contributed by atoms with Gasteiger partial charge in [-0.2, -0.15) is 0 Å². The summed E-state index contributed by atoms with van der Waals surface area (Å²) in [5.74, 6) is -0.0891. The Balaban J connectivity index is 0.974. The third kappa shape index (κ3) is 6.92. The molecule has 0 radical (unpaired) electrons. The van der Waals surface area contributed by atoms with Crippen LogP contribution >= 0.6 is 0 Å². The standard InChI is InChI=1S/C33H36N6O3/c40-31(37-42-32-16-8-10-22-41-32)15-3-1-2-9-21-39-23-30(36-38-39)24-17-19-25(20-18-24)34-33-26-11-4-6-13-28(26)35-29-14-7-5-12-27(29)33/h4-7,11-14,17-20,23,32H,1-3,8-10,15-16,21-22H2,(H,34,35)(H,37,40). The SMILES string of the molecule is O=C(CCCCCCn1cc(-c2ccc(Nc3c4ccccc4nc4ccccc34)cc2)nn1)NOC1CCCCO1. The van der Waals surface area contributed by atoms with Crippen molar-refractivity contribution in [2.24, 2.45) is 0 Å². The van der Waals surface area contributed by atoms with Crippen LogP contribution in [0.3, 0.4) is 0 Å². The van der Waals surface area contributed by atoms with Gasteiger partial charge >= 0.3 is 0 Å². The molecule has 216 valence electrons. The molecule has 1 amide bonds. The number of pyridine rings is 1. The smallest absolute Gasteiger partial charge is 0.243 e. The minimum absolute atomic E-state index is 0.0891. The van der Waals surface area contributed by atoms with Crippen LogP contribution in [0.25, 0.3) is 33.1 Å². The molecule has 0 spiro atoms. The van der Waals surface area contributed by atoms with Crippen LogP contribution in [-0.2, 0) is 20.9 Å². The highest BCUT2D eigenvalue weighted by molar-refractivity contribution is 6.08. The molecule has 0 aliphatic carbocycles. The molecule has 1 aliphatic heterocycles. The van der Waals surface area contributed by atoms with Crippen LogP contribution in [0.1, 0.15) is 51.4 Å². The van der Waals surface area contributed by atoms with Gasteiger partial charge in [0.25, 0.3) is 0 Å². The Kier molecular flexibility index (Phi) is 8.97. The summed E-state index contributed by atoms with van der Waals surface area (Å²) < 4.78 is 7.35. The Morgan fingerprint density at radius 2 is 1.64 bits per heavy atom. The van der Waals surface area contributed by atoms with Crippen LogP contribution < -0.4 is 10.8 Å². The van der Waals surface area contributed by atoms with Gasteiger partial charge in [-0.3, -0.25) is 9.48 Å². The fourth-order valence-electron chi connectivity index (χ4n) is 5.28. The lowest BCUT2D eigenvalue weighted by Crippen LogP contribution is -2.32. The minimum Gasteiger partial charge on any atom is -0.354 e. The average Bonchev–Trinajstić information content (AvgIpc) is 3.51. The molecule has 1 fully saturated rings. The van der Waals surface area contributed by atoms with Crippen molar-refractivity contribution in [1.29, 1.82) is 0 Å². The first-order valence-corrected chi connectivity index (χ1v) is 14.8. The maximum absolute atomic E-state index is 12.0. The summed E-state index contributed by atoms with van der Waals surface area (Å²) in [6, 6.07) is 24.7. The van der Waals surface area contributed by atoms with Crippen molar-refractivity contribution in [3.63, 3.8) is 0 Å². The van der Waals surface area contributed by atoms with Gasteiger partial charge in [-0.15, -0.1) is 5.10 Å². The lowest BCUT2D eigenvalue weighted by Gasteiger charge is -2.22. The zero-order valence-electron chi connectivity index (χ0n) is 23.7. The second kappa shape index (κ2) is 13.5. The highest BCUT2D eigenvalue weighted by Crippen LogP contribution is 2.33. The number of nitrogens with zero attached hydrogens (tertiary/aromatic N) is 4. The van der Waals surface area contributed by atoms with E-state index in [1.54, 1.807) is 0 Å². The number of amides is 1. The molecule has 0 bridgehead atoms. The van der Waals surface area contributed by atoms with Gasteiger partial charge in [0.1, 0.15) is 5.69 Å². The molecule has 6 rings (SSSR count). The topological polar surface area (TPSA) is 103 Å². The summed E-state index contributed by atoms with van der Waals surface area (Å²) in [4.78, 5) is 22.1. The maximum Gasteiger partial charge on any atom is 0.243 e. The number of rotatable bonds is 12. The van der Waals surface area contributed by atoms with E-state index in [0.717, 1.165) is 95.9 Å². The van der Waals surface area contributed by atoms with E-state index >= 15 is 0 Å². The first kappa shape index (κ1) is 27.8. The molecule has 2 aromatic heterocycles. The fraction of sp³-hybridized carbons (Fsp3) is 0.333. The Morgan fingerprint density at radius 3 is 2.38 bits per heavy atom. The van der Waals surface area contributed by atoms with E-state index in [1.165, 1.54) is 0 Å². The minimum atomic E-state index is -0.307. The zero-order valence-corrected chi connectivity index (χ0v) is 23.7. The van der Waals surface area contributed by atoms with Crippen molar-refractivity contribution in [2.45, 2.75) is 64.2 Å². The number of ether oxygens (including phenoxy) is 1. The summed E-state index contributed by atoms with van der Waals surface area (Å²) in [5.41, 5.74) is 8.37. The molecule has 9 heteroatoms. The number of hydrogen-bond acceptors (Lipinski definition) is 7. The Labute approximate surface area is 245 Å². The molecule has 1 unspecified atom stereocenters. The molecule has 1 saturated heterocycles. The van der Waals surface area contributed by atoms with Gasteiger partial charge in [0.05, 0.1) is 22.9 Å². The molecule has 0 saturated carbocycles. The molecule has 3 aromatic carbocycles. The van der Waals surface area contributed by atoms with Crippen molar-refractivity contribution in [3.8, 4) is 11.3 Å². The van der Waals surface area contributed by atoms with Crippen LogP contribution in [0, 0.1) is 0 Å². The van der Waals surface area contributed by atoms with Gasteiger partial charge in [0.15, 0.2) is 6.29 Å². The first-order valence-electron chi connectivity index (χ1n) is 14.8. The number of anilines is 2. The van der Waals surface area contributed by atoms with E-state index < -0.39 is 0 Å². The molecular formula is C33H36N6O3. The number of benzene rings is 3. The Morgan fingerprint density at radius 1 is 0.905 bits per heavy atom. The van der Waals surface area contributed by atoms with E-state index in [4.69, 9.17) is 14.6 Å². The second-order valence-electron chi connectivity index (χ2n) is 10.7. The monoisotopic (exact) mass is 564 g/mol. The van der Waals surface area contributed by atoms with Crippen molar-refractivity contribution in [2.75, 3.05) is 11.9 Å². The van der Waals surface area contributed by atoms with Gasteiger partial charge in [-0.1, -0.05) is 66.6 Å². The number of unbranched alkanes of at least 4 members (excludes halogenated alkanes) is 3. The van der Waals surface area contributed by atoms with E-state index in [-0.39, 0.29) is 12.2 Å². The molecule has 1 atom stereocenters. The van der Waals surface area contributed by atoms with E-state index in [0.29, 0.717) is 13.0 Å². The third-order valence-electron chi connectivity index (χ3n) is 7.56. The number of aromatic nitrogens is 4. The Hall–Kier alpha value is -4.34. The lowest BCUT2D eigenvalue weighted by molar-refractivity contribution is -0.200. The molecular weight excluding hydrogens is 528 g/mol. The molecule has 9 nitrogen and oxygen atoms in total. The van der Waals surface area contributed by atoms with E-state index in [2.05, 4.69) is 57.5 Å². The van der Waals surface area contributed by atoms with Crippen molar-refractivity contribution in [3.05, 3.63) is 79.0 Å². The van der Waals surface area contributed by atoms with E-state index in [1.807, 2.05) is 47.3 Å². The fourth-order valence-corrected chi connectivity index (χ4v) is 5.28. The van der Waals surface area contributed by atoms with Gasteiger partial charge in [-0.05, 0) is 49.9 Å². The van der Waals surface area contributed by atoms with Gasteiger partial charge < -0.3 is 10.1 Å². The molecule has 1 aliphatic rings. The van der Waals surface area contributed by atoms with Gasteiger partial charge in [0.2, 0.25) is 5.91 Å². The van der Waals surface area contributed by atoms with Gasteiger partial charge in [0, 0.05) is 48.0 Å². The predicted octanol–water partition coefficient (Wildman–Crippen LogP) is 6.92. The molecule has 5 aromatic rings. The average molecular weight is 565 g/mol. The molecule has 3 heterocycles. The number of para-hydroxylation sites is 2. The van der Waals surface area contributed by atoms with Crippen molar-refractivity contribution in [1.82, 2.24) is 25.5 Å². The number of nitrogens with one attached hydrogen (secondary N) is 2. The predicted molar refractivity (Wildman–Crippen MR) is 164 cm³/mol. The Bertz CT molecular complexity index is 1570. The summed E-state index contributed by atoms with van der Waals surface area (Å²) in [6.07, 6.45) is 8.90. The maximum atomic E-state index is 12.0. The molecule has 2 N–H and O–H groups in total. The second-order valence-corrected chi connectivity index (χ2v) is 10.7. The highest BCUT2D eigenvalue weighted by Gasteiger charge is 2.15. The van der Waals surface area contributed by atoms with Crippen molar-refractivity contribution >= 4 is 39.1 Å². The van der Waals surface area contributed by atoms with Crippen LogP contribution in [0.15, 0.2) is 79.0 Å². The number of hydrogen-bond donors (Lipinski definition) is 2. The number of carbonyl (C=O) groups excluding carboxylic acids is 1. The number of aryl methyl sites for hydroxylation is 1. The van der Waals surface area contributed by atoms with Crippen LogP contribution in [0.2, 0.25) is 0 Å². The molecule has 42 heavy (non-hydrogen) atoms. The van der Waals surface area contributed by atoms with Crippen molar-refractivity contribution < 1.29 is 14.4 Å². The third-order valence-corrected chi connectivity index (χ3v) is 7.56. The van der Waals surface area contributed by atoms with Gasteiger partial charge in [-0.25, -0.2) is 15.3 Å². The zero-order chi connectivity index (χ0) is 28.6. The highest BCUT2D eigenvalue weighted by atomic mass is 16.8. The lowest BCUT2D eigenvalue weighted by atomic mass is 10.1. The normalized spacial score (nSPS) is 15.2.